The average molecular weight is 430 g/mol. The summed E-state index contributed by atoms with van der Waals surface area (Å²) in [4.78, 5) is 9.68. The first-order chi connectivity index (χ1) is 12.9. The number of nitrogens with two attached hydrogens (primary N) is 2. The summed E-state index contributed by atoms with van der Waals surface area (Å²) in [6.45, 7) is 0.782. The molecule has 2 aromatic carbocycles. The van der Waals surface area contributed by atoms with Gasteiger partial charge in [-0.15, -0.1) is 12.4 Å². The Morgan fingerprint density at radius 2 is 1.82 bits per heavy atom. The molecule has 28 heavy (non-hydrogen) atoms. The summed E-state index contributed by atoms with van der Waals surface area (Å²) in [6.07, 6.45) is -0.258. The van der Waals surface area contributed by atoms with Crippen molar-refractivity contribution in [3.63, 3.8) is 0 Å². The lowest BCUT2D eigenvalue weighted by Gasteiger charge is -2.32. The summed E-state index contributed by atoms with van der Waals surface area (Å²) >= 11 is 5.83. The number of guanidine groups is 2. The van der Waals surface area contributed by atoms with E-state index in [1.165, 1.54) is 6.07 Å². The summed E-state index contributed by atoms with van der Waals surface area (Å²) in [5, 5.41) is 0.624. The third kappa shape index (κ3) is 5.24. The lowest BCUT2D eigenvalue weighted by atomic mass is 10.1. The number of ether oxygens (including phenoxy) is 1. The molecule has 6 nitrogen and oxygen atoms in total. The van der Waals surface area contributed by atoms with Gasteiger partial charge in [-0.25, -0.2) is 13.8 Å². The van der Waals surface area contributed by atoms with Crippen LogP contribution in [0.25, 0.3) is 0 Å². The van der Waals surface area contributed by atoms with E-state index >= 15 is 0 Å². The van der Waals surface area contributed by atoms with Crippen molar-refractivity contribution < 1.29 is 13.5 Å². The molecular formula is C18H19Cl2F2N5O. The number of benzene rings is 2. The van der Waals surface area contributed by atoms with Gasteiger partial charge in [-0.3, -0.25) is 0 Å². The third-order valence-corrected chi connectivity index (χ3v) is 4.19. The Kier molecular flexibility index (Phi) is 7.42. The van der Waals surface area contributed by atoms with E-state index in [1.54, 1.807) is 29.2 Å². The van der Waals surface area contributed by atoms with Crippen LogP contribution < -0.4 is 16.2 Å². The van der Waals surface area contributed by atoms with Crippen molar-refractivity contribution in [2.45, 2.75) is 12.6 Å². The van der Waals surface area contributed by atoms with Gasteiger partial charge < -0.3 is 21.1 Å². The molecule has 1 aliphatic heterocycles. The van der Waals surface area contributed by atoms with Crippen molar-refractivity contribution in [3.8, 4) is 5.75 Å². The van der Waals surface area contributed by atoms with Crippen LogP contribution in [0.15, 0.2) is 52.4 Å². The molecule has 1 unspecified atom stereocenters. The zero-order chi connectivity index (χ0) is 19.4. The van der Waals surface area contributed by atoms with Crippen molar-refractivity contribution in [1.82, 2.24) is 4.90 Å². The fourth-order valence-electron chi connectivity index (χ4n) is 2.67. The van der Waals surface area contributed by atoms with Gasteiger partial charge in [0, 0.05) is 23.2 Å². The molecule has 0 saturated carbocycles. The molecule has 2 aromatic rings. The summed E-state index contributed by atoms with van der Waals surface area (Å²) < 4.78 is 33.1. The smallest absolute Gasteiger partial charge is 0.220 e. The molecule has 10 heteroatoms. The second kappa shape index (κ2) is 9.57. The number of rotatable bonds is 6. The van der Waals surface area contributed by atoms with Crippen molar-refractivity contribution in [2.24, 2.45) is 21.5 Å². The fourth-order valence-corrected chi connectivity index (χ4v) is 2.80. The van der Waals surface area contributed by atoms with Crippen molar-refractivity contribution in [3.05, 3.63) is 64.7 Å². The number of nitrogens with zero attached hydrogens (tertiary/aromatic N) is 3. The molecule has 4 N–H and O–H groups in total. The van der Waals surface area contributed by atoms with Crippen molar-refractivity contribution >= 4 is 35.9 Å². The van der Waals surface area contributed by atoms with Gasteiger partial charge in [0.15, 0.2) is 6.17 Å². The van der Waals surface area contributed by atoms with Crippen LogP contribution in [-0.2, 0) is 0 Å². The second-order valence-electron chi connectivity index (χ2n) is 5.85. The lowest BCUT2D eigenvalue weighted by molar-refractivity contribution is 0.255. The predicted octanol–water partition coefficient (Wildman–Crippen LogP) is 3.45. The fraction of sp³-hybridized carbons (Fsp3) is 0.222. The molecule has 0 saturated heterocycles. The summed E-state index contributed by atoms with van der Waals surface area (Å²) in [5.74, 6) is -0.664. The summed E-state index contributed by atoms with van der Waals surface area (Å²) in [6, 6.07) is 10.3. The van der Waals surface area contributed by atoms with E-state index in [9.17, 15) is 8.78 Å². The molecule has 0 amide bonds. The highest BCUT2D eigenvalue weighted by atomic mass is 35.5. The van der Waals surface area contributed by atoms with Crippen molar-refractivity contribution in [1.29, 1.82) is 0 Å². The normalized spacial score (nSPS) is 16.1. The molecule has 0 aliphatic carbocycles. The molecule has 0 aromatic heterocycles. The van der Waals surface area contributed by atoms with Crippen LogP contribution in [0.3, 0.4) is 0 Å². The van der Waals surface area contributed by atoms with E-state index in [-0.39, 0.29) is 29.9 Å². The zero-order valence-corrected chi connectivity index (χ0v) is 16.3. The van der Waals surface area contributed by atoms with Crippen molar-refractivity contribution in [2.75, 3.05) is 13.2 Å². The molecule has 0 radical (unpaired) electrons. The van der Waals surface area contributed by atoms with Gasteiger partial charge in [0.05, 0.1) is 6.61 Å². The topological polar surface area (TPSA) is 89.2 Å². The van der Waals surface area contributed by atoms with Crippen LogP contribution in [0, 0.1) is 11.6 Å². The molecule has 0 spiro atoms. The number of aliphatic imine (C=N–C) groups is 2. The summed E-state index contributed by atoms with van der Waals surface area (Å²) in [5.41, 5.74) is 11.8. The van der Waals surface area contributed by atoms with Crippen LogP contribution in [0.2, 0.25) is 5.02 Å². The van der Waals surface area contributed by atoms with Gasteiger partial charge in [0.1, 0.15) is 17.4 Å². The molecule has 1 heterocycles. The first-order valence-corrected chi connectivity index (χ1v) is 8.59. The van der Waals surface area contributed by atoms with Crippen LogP contribution in [0.4, 0.5) is 8.78 Å². The Morgan fingerprint density at radius 1 is 1.11 bits per heavy atom. The molecule has 3 rings (SSSR count). The van der Waals surface area contributed by atoms with Gasteiger partial charge in [-0.2, -0.15) is 4.99 Å². The average Bonchev–Trinajstić information content (AvgIpc) is 2.61. The number of hydrogen-bond donors (Lipinski definition) is 2. The van der Waals surface area contributed by atoms with Crippen LogP contribution in [0.1, 0.15) is 18.2 Å². The summed E-state index contributed by atoms with van der Waals surface area (Å²) in [7, 11) is 0. The monoisotopic (exact) mass is 429 g/mol. The highest BCUT2D eigenvalue weighted by Gasteiger charge is 2.28. The highest BCUT2D eigenvalue weighted by Crippen LogP contribution is 2.27. The predicted molar refractivity (Wildman–Crippen MR) is 108 cm³/mol. The molecule has 150 valence electrons. The first-order valence-electron chi connectivity index (χ1n) is 8.21. The Labute approximate surface area is 172 Å². The lowest BCUT2D eigenvalue weighted by Crippen LogP contribution is -2.45. The molecule has 0 bridgehead atoms. The maximum Gasteiger partial charge on any atom is 0.220 e. The van der Waals surface area contributed by atoms with Crippen LogP contribution in [0.5, 0.6) is 5.75 Å². The van der Waals surface area contributed by atoms with E-state index in [1.807, 2.05) is 0 Å². The Bertz CT molecular complexity index is 877. The maximum atomic E-state index is 14.2. The first kappa shape index (κ1) is 21.7. The Morgan fingerprint density at radius 3 is 2.50 bits per heavy atom. The molecule has 1 atom stereocenters. The van der Waals surface area contributed by atoms with E-state index in [0.717, 1.165) is 12.1 Å². The quantitative estimate of drug-likeness (QED) is 0.688. The van der Waals surface area contributed by atoms with Gasteiger partial charge in [-0.1, -0.05) is 11.6 Å². The second-order valence-corrected chi connectivity index (χ2v) is 6.28. The van der Waals surface area contributed by atoms with E-state index in [0.29, 0.717) is 30.3 Å². The third-order valence-electron chi connectivity index (χ3n) is 3.94. The number of halogens is 4. The van der Waals surface area contributed by atoms with E-state index in [4.69, 9.17) is 27.8 Å². The van der Waals surface area contributed by atoms with Crippen LogP contribution >= 0.6 is 24.0 Å². The Balaban J connectivity index is 0.00000280. The van der Waals surface area contributed by atoms with Gasteiger partial charge in [0.2, 0.25) is 11.9 Å². The van der Waals surface area contributed by atoms with Gasteiger partial charge in [0.25, 0.3) is 0 Å². The zero-order valence-electron chi connectivity index (χ0n) is 14.7. The van der Waals surface area contributed by atoms with Gasteiger partial charge in [-0.05, 0) is 42.8 Å². The standard InChI is InChI=1S/C18H18ClF2N5O.ClH/c19-11-2-5-13(6-3-11)27-9-1-8-26-16(24-17(22)25-18(26)23)14-7-4-12(20)10-15(14)21;/h2-7,10,16H,1,8-9H2,(H4,22,23,24,25);1H. The van der Waals surface area contributed by atoms with E-state index < -0.39 is 17.8 Å². The minimum absolute atomic E-state index is 0. The van der Waals surface area contributed by atoms with Gasteiger partial charge >= 0.3 is 0 Å². The highest BCUT2D eigenvalue weighted by molar-refractivity contribution is 6.30. The molecular weight excluding hydrogens is 411 g/mol. The van der Waals surface area contributed by atoms with Crippen LogP contribution in [-0.4, -0.2) is 30.0 Å². The SMILES string of the molecule is Cl.NC1=NC(c2ccc(F)cc2F)N(CCCOc2ccc(Cl)cc2)C(N)=N1. The van der Waals surface area contributed by atoms with E-state index in [2.05, 4.69) is 9.98 Å². The minimum atomic E-state index is -0.821. The molecule has 0 fully saturated rings. The number of hydrogen-bond acceptors (Lipinski definition) is 6. The largest absolute Gasteiger partial charge is 0.494 e. The Hall–Kier alpha value is -2.58. The minimum Gasteiger partial charge on any atom is -0.494 e. The maximum absolute atomic E-state index is 14.2. The molecule has 1 aliphatic rings.